The number of aliphatic hydroxyl groups is 1. The molecule has 0 aliphatic carbocycles. The lowest BCUT2D eigenvalue weighted by Crippen LogP contribution is -2.29. The van der Waals surface area contributed by atoms with Gasteiger partial charge < -0.3 is 9.84 Å². The molecule has 1 amide bonds. The number of aryl methyl sites for hydroxylation is 2. The van der Waals surface area contributed by atoms with Crippen molar-refractivity contribution in [2.45, 2.75) is 19.9 Å². The third-order valence-electron chi connectivity index (χ3n) is 5.32. The van der Waals surface area contributed by atoms with Crippen molar-refractivity contribution in [3.05, 3.63) is 87.2 Å². The molecule has 2 heterocycles. The van der Waals surface area contributed by atoms with Crippen LogP contribution in [0.3, 0.4) is 0 Å². The highest BCUT2D eigenvalue weighted by atomic mass is 32.1. The van der Waals surface area contributed by atoms with Crippen molar-refractivity contribution in [1.29, 1.82) is 0 Å². The van der Waals surface area contributed by atoms with E-state index in [2.05, 4.69) is 4.98 Å². The maximum Gasteiger partial charge on any atom is 0.350 e. The number of aliphatic hydroxyl groups excluding tert-OH is 1. The zero-order valence-corrected chi connectivity index (χ0v) is 18.8. The van der Waals surface area contributed by atoms with Gasteiger partial charge in [0.15, 0.2) is 5.13 Å². The SMILES string of the molecule is COC(=O)c1sc(N2C(=O)C(=O)/C(=C(\O)c3ccc(F)cc3)C2c2ccc(C)cc2)nc1C. The summed E-state index contributed by atoms with van der Waals surface area (Å²) in [5.74, 6) is -3.34. The Morgan fingerprint density at radius 2 is 1.73 bits per heavy atom. The van der Waals surface area contributed by atoms with Gasteiger partial charge >= 0.3 is 11.9 Å². The van der Waals surface area contributed by atoms with E-state index >= 15 is 0 Å². The second kappa shape index (κ2) is 8.59. The van der Waals surface area contributed by atoms with E-state index in [0.717, 1.165) is 29.0 Å². The Bertz CT molecular complexity index is 1300. The molecule has 1 aliphatic rings. The van der Waals surface area contributed by atoms with E-state index in [1.165, 1.54) is 24.1 Å². The van der Waals surface area contributed by atoms with Crippen LogP contribution in [0, 0.1) is 19.7 Å². The highest BCUT2D eigenvalue weighted by Crippen LogP contribution is 2.43. The maximum atomic E-state index is 13.4. The molecule has 0 bridgehead atoms. The van der Waals surface area contributed by atoms with Crippen molar-refractivity contribution >= 4 is 39.9 Å². The quantitative estimate of drug-likeness (QED) is 0.266. The number of methoxy groups -OCH3 is 1. The van der Waals surface area contributed by atoms with Gasteiger partial charge in [-0.2, -0.15) is 0 Å². The minimum Gasteiger partial charge on any atom is -0.507 e. The molecule has 3 aromatic rings. The van der Waals surface area contributed by atoms with Crippen LogP contribution in [0.5, 0.6) is 0 Å². The minimum absolute atomic E-state index is 0.124. The van der Waals surface area contributed by atoms with Crippen molar-refractivity contribution in [3.63, 3.8) is 0 Å². The number of halogens is 1. The van der Waals surface area contributed by atoms with E-state index in [4.69, 9.17) is 4.74 Å². The van der Waals surface area contributed by atoms with Crippen LogP contribution in [0.15, 0.2) is 54.1 Å². The number of carbonyl (C=O) groups excluding carboxylic acids is 3. The molecule has 168 valence electrons. The average molecular weight is 466 g/mol. The van der Waals surface area contributed by atoms with Crippen molar-refractivity contribution in [1.82, 2.24) is 4.98 Å². The van der Waals surface area contributed by atoms with Crippen LogP contribution < -0.4 is 4.90 Å². The standard InChI is InChI=1S/C24H19FN2O5S/c1-12-4-6-14(7-5-12)18-17(19(28)15-8-10-16(25)11-9-15)20(29)22(30)27(18)24-26-13(2)21(33-24)23(31)32-3/h4-11,18,28H,1-3H3/b19-17-. The molecular weight excluding hydrogens is 447 g/mol. The summed E-state index contributed by atoms with van der Waals surface area (Å²) in [6.45, 7) is 3.49. The smallest absolute Gasteiger partial charge is 0.350 e. The van der Waals surface area contributed by atoms with Gasteiger partial charge in [-0.3, -0.25) is 14.5 Å². The van der Waals surface area contributed by atoms with E-state index in [9.17, 15) is 23.9 Å². The first-order valence-electron chi connectivity index (χ1n) is 9.92. The van der Waals surface area contributed by atoms with E-state index in [1.54, 1.807) is 19.1 Å². The molecule has 1 fully saturated rings. The number of thiazole rings is 1. The monoisotopic (exact) mass is 466 g/mol. The molecule has 1 aromatic heterocycles. The molecule has 1 unspecified atom stereocenters. The summed E-state index contributed by atoms with van der Waals surface area (Å²) < 4.78 is 18.2. The Labute approximate surface area is 192 Å². The molecule has 0 spiro atoms. The van der Waals surface area contributed by atoms with Gasteiger partial charge in [-0.25, -0.2) is 14.2 Å². The van der Waals surface area contributed by atoms with Gasteiger partial charge in [0.25, 0.3) is 5.78 Å². The predicted molar refractivity (Wildman–Crippen MR) is 121 cm³/mol. The molecule has 1 saturated heterocycles. The third-order valence-corrected chi connectivity index (χ3v) is 6.45. The molecule has 0 saturated carbocycles. The van der Waals surface area contributed by atoms with E-state index in [1.807, 2.05) is 19.1 Å². The Hall–Kier alpha value is -3.85. The fourth-order valence-electron chi connectivity index (χ4n) is 3.62. The van der Waals surface area contributed by atoms with Gasteiger partial charge in [0, 0.05) is 5.56 Å². The molecule has 33 heavy (non-hydrogen) atoms. The summed E-state index contributed by atoms with van der Waals surface area (Å²) in [6, 6.07) is 11.1. The van der Waals surface area contributed by atoms with Gasteiger partial charge in [-0.05, 0) is 43.7 Å². The Morgan fingerprint density at radius 1 is 1.09 bits per heavy atom. The molecule has 2 aromatic carbocycles. The lowest BCUT2D eigenvalue weighted by Gasteiger charge is -2.23. The molecular formula is C24H19FN2O5S. The third kappa shape index (κ3) is 3.91. The Kier molecular flexibility index (Phi) is 5.82. The number of anilines is 1. The second-order valence-corrected chi connectivity index (χ2v) is 8.47. The highest BCUT2D eigenvalue weighted by Gasteiger charge is 2.48. The zero-order chi connectivity index (χ0) is 23.9. The first-order valence-corrected chi connectivity index (χ1v) is 10.7. The fourth-order valence-corrected chi connectivity index (χ4v) is 4.64. The topological polar surface area (TPSA) is 96.8 Å². The van der Waals surface area contributed by atoms with Crippen LogP contribution in [-0.4, -0.2) is 34.9 Å². The van der Waals surface area contributed by atoms with Crippen LogP contribution >= 0.6 is 11.3 Å². The van der Waals surface area contributed by atoms with Gasteiger partial charge in [-0.1, -0.05) is 41.2 Å². The van der Waals surface area contributed by atoms with Crippen molar-refractivity contribution in [3.8, 4) is 0 Å². The maximum absolute atomic E-state index is 13.4. The lowest BCUT2D eigenvalue weighted by molar-refractivity contribution is -0.132. The van der Waals surface area contributed by atoms with Gasteiger partial charge in [0.05, 0.1) is 24.4 Å². The van der Waals surface area contributed by atoms with E-state index < -0.39 is 35.3 Å². The average Bonchev–Trinajstić information content (AvgIpc) is 3.31. The number of hydrogen-bond acceptors (Lipinski definition) is 7. The largest absolute Gasteiger partial charge is 0.507 e. The molecule has 1 aliphatic heterocycles. The molecule has 4 rings (SSSR count). The van der Waals surface area contributed by atoms with Crippen molar-refractivity contribution < 1.29 is 28.6 Å². The summed E-state index contributed by atoms with van der Waals surface area (Å²) >= 11 is 0.922. The predicted octanol–water partition coefficient (Wildman–Crippen LogP) is 4.31. The van der Waals surface area contributed by atoms with Crippen LogP contribution in [-0.2, 0) is 14.3 Å². The summed E-state index contributed by atoms with van der Waals surface area (Å²) in [5.41, 5.74) is 1.92. The summed E-state index contributed by atoms with van der Waals surface area (Å²) in [4.78, 5) is 44.0. The number of ether oxygens (including phenoxy) is 1. The van der Waals surface area contributed by atoms with Crippen LogP contribution in [0.2, 0.25) is 0 Å². The summed E-state index contributed by atoms with van der Waals surface area (Å²) in [5, 5.41) is 11.1. The van der Waals surface area contributed by atoms with Crippen LogP contribution in [0.1, 0.15) is 38.1 Å². The van der Waals surface area contributed by atoms with E-state index in [0.29, 0.717) is 11.3 Å². The van der Waals surface area contributed by atoms with E-state index in [-0.39, 0.29) is 21.1 Å². The number of benzene rings is 2. The number of nitrogens with zero attached hydrogens (tertiary/aromatic N) is 2. The lowest BCUT2D eigenvalue weighted by atomic mass is 9.95. The van der Waals surface area contributed by atoms with Gasteiger partial charge in [0.2, 0.25) is 0 Å². The van der Waals surface area contributed by atoms with Crippen LogP contribution in [0.25, 0.3) is 5.76 Å². The van der Waals surface area contributed by atoms with Gasteiger partial charge in [0.1, 0.15) is 16.5 Å². The first kappa shape index (κ1) is 22.3. The van der Waals surface area contributed by atoms with Crippen LogP contribution in [0.4, 0.5) is 9.52 Å². The fraction of sp³-hybridized carbons (Fsp3) is 0.167. The number of aromatic nitrogens is 1. The highest BCUT2D eigenvalue weighted by molar-refractivity contribution is 7.17. The Morgan fingerprint density at radius 3 is 2.33 bits per heavy atom. The van der Waals surface area contributed by atoms with Gasteiger partial charge in [-0.15, -0.1) is 0 Å². The number of hydrogen-bond donors (Lipinski definition) is 1. The first-order chi connectivity index (χ1) is 15.7. The zero-order valence-electron chi connectivity index (χ0n) is 18.0. The number of amides is 1. The molecule has 1 atom stereocenters. The molecule has 7 nitrogen and oxygen atoms in total. The van der Waals surface area contributed by atoms with Crippen molar-refractivity contribution in [2.75, 3.05) is 12.0 Å². The second-order valence-electron chi connectivity index (χ2n) is 7.49. The number of rotatable bonds is 4. The number of ketones is 1. The normalized spacial score (nSPS) is 17.5. The number of carbonyl (C=O) groups is 3. The van der Waals surface area contributed by atoms with Crippen molar-refractivity contribution in [2.24, 2.45) is 0 Å². The molecule has 1 N–H and O–H groups in total. The molecule has 9 heteroatoms. The minimum atomic E-state index is -0.994. The molecule has 0 radical (unpaired) electrons. The number of Topliss-reactive ketones (excluding diaryl/α,β-unsaturated/α-hetero) is 1. The number of esters is 1. The summed E-state index contributed by atoms with van der Waals surface area (Å²) in [7, 11) is 1.24. The summed E-state index contributed by atoms with van der Waals surface area (Å²) in [6.07, 6.45) is 0. The Balaban J connectivity index is 1.93.